The molecule has 1 atom stereocenters. The normalized spacial score (nSPS) is 26.1. The van der Waals surface area contributed by atoms with E-state index in [1.165, 1.54) is 12.1 Å². The average Bonchev–Trinajstić information content (AvgIpc) is 2.89. The van der Waals surface area contributed by atoms with E-state index in [0.29, 0.717) is 32.8 Å². The summed E-state index contributed by atoms with van der Waals surface area (Å²) in [5.41, 5.74) is -0.0260. The van der Waals surface area contributed by atoms with Crippen molar-refractivity contribution in [1.82, 2.24) is 14.7 Å². The summed E-state index contributed by atoms with van der Waals surface area (Å²) in [6.07, 6.45) is -2.65. The Labute approximate surface area is 163 Å². The smallest absolute Gasteiger partial charge is 0.381 e. The quantitative estimate of drug-likeness (QED) is 0.786. The van der Waals surface area contributed by atoms with Gasteiger partial charge in [0.25, 0.3) is 0 Å². The van der Waals surface area contributed by atoms with Crippen LogP contribution in [0.4, 0.5) is 13.2 Å². The molecule has 154 valence electrons. The van der Waals surface area contributed by atoms with Crippen LogP contribution in [0.5, 0.6) is 0 Å². The molecule has 3 saturated heterocycles. The molecule has 5 nitrogen and oxygen atoms in total. The van der Waals surface area contributed by atoms with Crippen LogP contribution in [-0.2, 0) is 22.3 Å². The van der Waals surface area contributed by atoms with Gasteiger partial charge >= 0.3 is 6.18 Å². The predicted molar refractivity (Wildman–Crippen MR) is 97.4 cm³/mol. The number of fused-ring (bicyclic) bond motifs is 2. The molecule has 8 heteroatoms. The Kier molecular flexibility index (Phi) is 5.14. The van der Waals surface area contributed by atoms with Crippen molar-refractivity contribution in [2.45, 2.75) is 44.2 Å². The third kappa shape index (κ3) is 3.31. The highest BCUT2D eigenvalue weighted by molar-refractivity contribution is 5.85. The Hall–Kier alpha value is -1.64. The highest BCUT2D eigenvalue weighted by Crippen LogP contribution is 2.41. The molecule has 3 fully saturated rings. The fourth-order valence-electron chi connectivity index (χ4n) is 5.00. The zero-order chi connectivity index (χ0) is 19.9. The minimum atomic E-state index is -4.32. The topological polar surface area (TPSA) is 36.0 Å². The van der Waals surface area contributed by atoms with E-state index in [-0.39, 0.29) is 17.6 Å². The third-order valence-electron chi connectivity index (χ3n) is 6.35. The van der Waals surface area contributed by atoms with Crippen molar-refractivity contribution in [2.75, 3.05) is 39.4 Å². The van der Waals surface area contributed by atoms with Crippen LogP contribution in [0, 0.1) is 0 Å². The number of halogens is 3. The minimum absolute atomic E-state index is 0.168. The molecule has 28 heavy (non-hydrogen) atoms. The molecule has 3 heterocycles. The number of benzene rings is 1. The van der Waals surface area contributed by atoms with Gasteiger partial charge in [-0.2, -0.15) is 13.2 Å². The largest absolute Gasteiger partial charge is 0.416 e. The SMILES string of the molecule is CCN1C(=O)[C@H]2CN(Cc3ccc(C(F)(F)F)cc3)CCN2C12CCOCC2. The number of nitrogens with zero attached hydrogens (tertiary/aromatic N) is 3. The number of alkyl halides is 3. The number of piperazine rings is 1. The lowest BCUT2D eigenvalue weighted by molar-refractivity contribution is -0.137. The maximum atomic E-state index is 13.1. The second kappa shape index (κ2) is 7.31. The summed E-state index contributed by atoms with van der Waals surface area (Å²) < 4.78 is 43.8. The first-order valence-electron chi connectivity index (χ1n) is 9.89. The Morgan fingerprint density at radius 1 is 1.14 bits per heavy atom. The fourth-order valence-corrected chi connectivity index (χ4v) is 5.00. The summed E-state index contributed by atoms with van der Waals surface area (Å²) in [6, 6.07) is 5.14. The van der Waals surface area contributed by atoms with E-state index in [2.05, 4.69) is 9.80 Å². The lowest BCUT2D eigenvalue weighted by Gasteiger charge is -2.48. The van der Waals surface area contributed by atoms with Crippen molar-refractivity contribution in [3.63, 3.8) is 0 Å². The summed E-state index contributed by atoms with van der Waals surface area (Å²) in [5.74, 6) is 0.168. The Balaban J connectivity index is 1.47. The first-order chi connectivity index (χ1) is 13.3. The summed E-state index contributed by atoms with van der Waals surface area (Å²) in [5, 5.41) is 0. The maximum absolute atomic E-state index is 13.1. The van der Waals surface area contributed by atoms with Gasteiger partial charge in [-0.05, 0) is 24.6 Å². The first kappa shape index (κ1) is 19.7. The number of rotatable bonds is 3. The molecule has 1 aromatic carbocycles. The van der Waals surface area contributed by atoms with Crippen molar-refractivity contribution in [1.29, 1.82) is 0 Å². The number of hydrogen-bond donors (Lipinski definition) is 0. The number of hydrogen-bond acceptors (Lipinski definition) is 4. The molecule has 0 aromatic heterocycles. The van der Waals surface area contributed by atoms with Crippen LogP contribution in [0.25, 0.3) is 0 Å². The van der Waals surface area contributed by atoms with Gasteiger partial charge < -0.3 is 9.64 Å². The molecule has 1 spiro atoms. The van der Waals surface area contributed by atoms with Crippen molar-refractivity contribution >= 4 is 5.91 Å². The van der Waals surface area contributed by atoms with Crippen LogP contribution in [-0.4, -0.2) is 71.7 Å². The third-order valence-corrected chi connectivity index (χ3v) is 6.35. The molecule has 3 aliphatic heterocycles. The van der Waals surface area contributed by atoms with Crippen LogP contribution in [0.1, 0.15) is 30.9 Å². The lowest BCUT2D eigenvalue weighted by Crippen LogP contribution is -2.61. The van der Waals surface area contributed by atoms with Crippen molar-refractivity contribution < 1.29 is 22.7 Å². The standard InChI is InChI=1S/C20H26F3N3O2/c1-2-25-18(27)17-14-24(9-10-26(17)19(25)7-11-28-12-8-19)13-15-3-5-16(6-4-15)20(21,22)23/h3-6,17H,2,7-14H2,1H3/t17-/m1/s1. The molecule has 1 aromatic rings. The summed E-state index contributed by atoms with van der Waals surface area (Å²) in [6.45, 7) is 6.79. The van der Waals surface area contributed by atoms with Crippen LogP contribution in [0.3, 0.4) is 0 Å². The molecular weight excluding hydrogens is 371 g/mol. The second-order valence-corrected chi connectivity index (χ2v) is 7.82. The minimum Gasteiger partial charge on any atom is -0.381 e. The van der Waals surface area contributed by atoms with Crippen LogP contribution in [0.2, 0.25) is 0 Å². The molecule has 3 aliphatic rings. The Bertz CT molecular complexity index is 716. The van der Waals surface area contributed by atoms with Crippen LogP contribution >= 0.6 is 0 Å². The van der Waals surface area contributed by atoms with Crippen LogP contribution in [0.15, 0.2) is 24.3 Å². The number of amides is 1. The van der Waals surface area contributed by atoms with Crippen molar-refractivity contribution in [3.05, 3.63) is 35.4 Å². The van der Waals surface area contributed by atoms with E-state index < -0.39 is 11.7 Å². The zero-order valence-corrected chi connectivity index (χ0v) is 16.0. The second-order valence-electron chi connectivity index (χ2n) is 7.82. The van der Waals surface area contributed by atoms with Gasteiger partial charge in [-0.1, -0.05) is 12.1 Å². The molecule has 0 saturated carbocycles. The molecule has 0 N–H and O–H groups in total. The molecule has 0 bridgehead atoms. The van der Waals surface area contributed by atoms with E-state index in [1.54, 1.807) is 0 Å². The van der Waals surface area contributed by atoms with E-state index in [9.17, 15) is 18.0 Å². The van der Waals surface area contributed by atoms with Gasteiger partial charge in [0.15, 0.2) is 0 Å². The van der Waals surface area contributed by atoms with E-state index in [0.717, 1.165) is 43.6 Å². The van der Waals surface area contributed by atoms with Gasteiger partial charge in [0.1, 0.15) is 11.7 Å². The van der Waals surface area contributed by atoms with Gasteiger partial charge in [-0.15, -0.1) is 0 Å². The highest BCUT2D eigenvalue weighted by atomic mass is 19.4. The molecule has 1 amide bonds. The summed E-state index contributed by atoms with van der Waals surface area (Å²) >= 11 is 0. The van der Waals surface area contributed by atoms with Crippen molar-refractivity contribution in [3.8, 4) is 0 Å². The highest BCUT2D eigenvalue weighted by Gasteiger charge is 2.57. The number of carbonyl (C=O) groups excluding carboxylic acids is 1. The monoisotopic (exact) mass is 397 g/mol. The zero-order valence-electron chi connectivity index (χ0n) is 16.0. The van der Waals surface area contributed by atoms with E-state index >= 15 is 0 Å². The maximum Gasteiger partial charge on any atom is 0.416 e. The number of ether oxygens (including phenoxy) is 1. The van der Waals surface area contributed by atoms with Gasteiger partial charge in [0.05, 0.1) is 18.8 Å². The van der Waals surface area contributed by atoms with Gasteiger partial charge in [-0.25, -0.2) is 0 Å². The first-order valence-corrected chi connectivity index (χ1v) is 9.89. The van der Waals surface area contributed by atoms with Gasteiger partial charge in [0, 0.05) is 45.6 Å². The Morgan fingerprint density at radius 3 is 2.43 bits per heavy atom. The van der Waals surface area contributed by atoms with Gasteiger partial charge in [-0.3, -0.25) is 14.6 Å². The number of carbonyl (C=O) groups is 1. The lowest BCUT2D eigenvalue weighted by atomic mass is 9.96. The molecule has 0 radical (unpaired) electrons. The summed E-state index contributed by atoms with van der Waals surface area (Å²) in [7, 11) is 0. The van der Waals surface area contributed by atoms with Crippen LogP contribution < -0.4 is 0 Å². The molecule has 4 rings (SSSR count). The molecule has 0 aliphatic carbocycles. The molecule has 0 unspecified atom stereocenters. The molecular formula is C20H26F3N3O2. The average molecular weight is 397 g/mol. The number of likely N-dealkylation sites (N-methyl/N-ethyl adjacent to an activating group) is 1. The fraction of sp³-hybridized carbons (Fsp3) is 0.650. The van der Waals surface area contributed by atoms with E-state index in [1.807, 2.05) is 11.8 Å². The predicted octanol–water partition coefficient (Wildman–Crippen LogP) is 2.56. The van der Waals surface area contributed by atoms with Gasteiger partial charge in [0.2, 0.25) is 5.91 Å². The van der Waals surface area contributed by atoms with E-state index in [4.69, 9.17) is 4.74 Å². The summed E-state index contributed by atoms with van der Waals surface area (Å²) in [4.78, 5) is 19.6. The Morgan fingerprint density at radius 2 is 1.82 bits per heavy atom. The van der Waals surface area contributed by atoms with Crippen molar-refractivity contribution in [2.24, 2.45) is 0 Å².